The van der Waals surface area contributed by atoms with Gasteiger partial charge in [-0.15, -0.1) is 0 Å². The van der Waals surface area contributed by atoms with Crippen LogP contribution >= 0.6 is 0 Å². The number of hydrogen-bond acceptors (Lipinski definition) is 3. The van der Waals surface area contributed by atoms with Crippen molar-refractivity contribution in [3.05, 3.63) is 0 Å². The Labute approximate surface area is 86.5 Å². The van der Waals surface area contributed by atoms with E-state index in [0.29, 0.717) is 13.1 Å². The summed E-state index contributed by atoms with van der Waals surface area (Å²) in [6, 6.07) is 0. The third-order valence-corrected chi connectivity index (χ3v) is 3.14. The summed E-state index contributed by atoms with van der Waals surface area (Å²) in [5, 5.41) is 8.86. The molecule has 0 aromatic heterocycles. The van der Waals surface area contributed by atoms with E-state index >= 15 is 0 Å². The molecule has 2 heterocycles. The molecule has 2 rings (SSSR count). The van der Waals surface area contributed by atoms with Crippen molar-refractivity contribution in [1.29, 1.82) is 0 Å². The van der Waals surface area contributed by atoms with Gasteiger partial charge in [-0.2, -0.15) is 13.2 Å². The average Bonchev–Trinajstić information content (AvgIpc) is 1.95. The number of aliphatic hydroxyl groups excluding tert-OH is 1. The van der Waals surface area contributed by atoms with Crippen LogP contribution in [-0.4, -0.2) is 67.0 Å². The van der Waals surface area contributed by atoms with E-state index in [1.165, 1.54) is 0 Å². The zero-order valence-corrected chi connectivity index (χ0v) is 8.59. The van der Waals surface area contributed by atoms with Crippen LogP contribution in [0.4, 0.5) is 13.2 Å². The highest BCUT2D eigenvalue weighted by Crippen LogP contribution is 2.39. The second-order valence-corrected chi connectivity index (χ2v) is 4.90. The van der Waals surface area contributed by atoms with E-state index in [4.69, 9.17) is 5.11 Å². The molecule has 6 heteroatoms. The molecule has 0 saturated carbocycles. The van der Waals surface area contributed by atoms with Gasteiger partial charge >= 0.3 is 6.18 Å². The molecule has 0 aromatic carbocycles. The van der Waals surface area contributed by atoms with Crippen molar-refractivity contribution in [3.8, 4) is 0 Å². The number of β-amino-alcohol motifs (C(OH)–C–C–N with tert-alkyl or cyclic N) is 1. The van der Waals surface area contributed by atoms with Crippen LogP contribution in [0.15, 0.2) is 0 Å². The number of halogens is 3. The summed E-state index contributed by atoms with van der Waals surface area (Å²) in [6.45, 7) is 3.02. The summed E-state index contributed by atoms with van der Waals surface area (Å²) in [5.74, 6) is 0. The van der Waals surface area contributed by atoms with Crippen LogP contribution in [0.2, 0.25) is 0 Å². The zero-order chi connectivity index (χ0) is 11.3. The number of likely N-dealkylation sites (tertiary alicyclic amines) is 2. The van der Waals surface area contributed by atoms with Crippen LogP contribution in [0.3, 0.4) is 0 Å². The lowest BCUT2D eigenvalue weighted by molar-refractivity contribution is -0.219. The minimum Gasteiger partial charge on any atom is -0.382 e. The molecular weight excluding hydrogens is 209 g/mol. The molecule has 1 N–H and O–H groups in total. The van der Waals surface area contributed by atoms with Crippen LogP contribution in [-0.2, 0) is 0 Å². The lowest BCUT2D eigenvalue weighted by Gasteiger charge is -2.60. The van der Waals surface area contributed by atoms with Gasteiger partial charge in [-0.25, -0.2) is 0 Å². The maximum atomic E-state index is 12.0. The summed E-state index contributed by atoms with van der Waals surface area (Å²) in [5.41, 5.74) is 0.222. The Morgan fingerprint density at radius 2 is 1.80 bits per heavy atom. The molecule has 0 bridgehead atoms. The van der Waals surface area contributed by atoms with Gasteiger partial charge in [0.25, 0.3) is 0 Å². The van der Waals surface area contributed by atoms with Crippen LogP contribution in [0.5, 0.6) is 0 Å². The van der Waals surface area contributed by atoms with Gasteiger partial charge in [0.1, 0.15) is 0 Å². The predicted molar refractivity (Wildman–Crippen MR) is 48.4 cm³/mol. The van der Waals surface area contributed by atoms with Crippen LogP contribution < -0.4 is 0 Å². The fourth-order valence-electron chi connectivity index (χ4n) is 2.68. The van der Waals surface area contributed by atoms with Crippen molar-refractivity contribution in [2.45, 2.75) is 12.3 Å². The Kier molecular flexibility index (Phi) is 2.48. The maximum Gasteiger partial charge on any atom is 0.415 e. The minimum absolute atomic E-state index is 0.222. The summed E-state index contributed by atoms with van der Waals surface area (Å²) in [7, 11) is 2.00. The lowest BCUT2D eigenvalue weighted by Crippen LogP contribution is -2.72. The van der Waals surface area contributed by atoms with E-state index in [-0.39, 0.29) is 12.0 Å². The monoisotopic (exact) mass is 224 g/mol. The van der Waals surface area contributed by atoms with E-state index in [2.05, 4.69) is 4.90 Å². The smallest absolute Gasteiger partial charge is 0.382 e. The van der Waals surface area contributed by atoms with E-state index in [1.54, 1.807) is 4.90 Å². The van der Waals surface area contributed by atoms with Crippen molar-refractivity contribution in [1.82, 2.24) is 9.80 Å². The molecule has 1 unspecified atom stereocenters. The van der Waals surface area contributed by atoms with E-state index in [0.717, 1.165) is 13.1 Å². The fraction of sp³-hybridized carbons (Fsp3) is 1.00. The second-order valence-electron chi connectivity index (χ2n) is 4.90. The Morgan fingerprint density at radius 3 is 2.20 bits per heavy atom. The zero-order valence-electron chi connectivity index (χ0n) is 8.59. The third kappa shape index (κ3) is 2.11. The number of alkyl halides is 3. The van der Waals surface area contributed by atoms with Crippen LogP contribution in [0.25, 0.3) is 0 Å². The maximum absolute atomic E-state index is 12.0. The SMILES string of the molecule is CN1CC2(C1)CN(CC(O)C(F)(F)F)C2. The highest BCUT2D eigenvalue weighted by molar-refractivity contribution is 5.05. The molecule has 2 fully saturated rings. The normalized spacial score (nSPS) is 28.6. The lowest BCUT2D eigenvalue weighted by atomic mass is 9.73. The largest absolute Gasteiger partial charge is 0.415 e. The predicted octanol–water partition coefficient (Wildman–Crippen LogP) is 0.157. The van der Waals surface area contributed by atoms with Gasteiger partial charge < -0.3 is 10.0 Å². The highest BCUT2D eigenvalue weighted by Gasteiger charge is 2.52. The van der Waals surface area contributed by atoms with Gasteiger partial charge in [-0.3, -0.25) is 4.90 Å². The summed E-state index contributed by atoms with van der Waals surface area (Å²) < 4.78 is 36.1. The molecule has 0 amide bonds. The molecule has 1 spiro atoms. The van der Waals surface area contributed by atoms with Gasteiger partial charge in [0, 0.05) is 38.1 Å². The van der Waals surface area contributed by atoms with Crippen LogP contribution in [0.1, 0.15) is 0 Å². The molecule has 0 radical (unpaired) electrons. The minimum atomic E-state index is -4.49. The topological polar surface area (TPSA) is 26.7 Å². The first-order valence-corrected chi connectivity index (χ1v) is 4.96. The average molecular weight is 224 g/mol. The standard InChI is InChI=1S/C9H15F3N2O/c1-13-3-8(4-13)5-14(6-8)2-7(15)9(10,11)12/h7,15H,2-6H2,1H3. The number of aliphatic hydroxyl groups is 1. The Hall–Kier alpha value is -0.330. The Balaban J connectivity index is 1.72. The van der Waals surface area contributed by atoms with Gasteiger partial charge in [-0.1, -0.05) is 0 Å². The molecule has 2 saturated heterocycles. The van der Waals surface area contributed by atoms with Gasteiger partial charge in [0.05, 0.1) is 0 Å². The van der Waals surface area contributed by atoms with Crippen LogP contribution in [0, 0.1) is 5.41 Å². The first-order valence-electron chi connectivity index (χ1n) is 4.96. The molecule has 0 aliphatic carbocycles. The summed E-state index contributed by atoms with van der Waals surface area (Å²) in [6.07, 6.45) is -6.69. The quantitative estimate of drug-likeness (QED) is 0.723. The third-order valence-electron chi connectivity index (χ3n) is 3.14. The van der Waals surface area contributed by atoms with Gasteiger partial charge in [-0.05, 0) is 7.05 Å². The highest BCUT2D eigenvalue weighted by atomic mass is 19.4. The van der Waals surface area contributed by atoms with Crippen molar-refractivity contribution in [3.63, 3.8) is 0 Å². The molecule has 2 aliphatic rings. The molecule has 0 aromatic rings. The van der Waals surface area contributed by atoms with Crippen molar-refractivity contribution >= 4 is 0 Å². The summed E-state index contributed by atoms with van der Waals surface area (Å²) in [4.78, 5) is 3.82. The van der Waals surface area contributed by atoms with Crippen molar-refractivity contribution < 1.29 is 18.3 Å². The first kappa shape index (κ1) is 11.2. The second kappa shape index (κ2) is 3.33. The van der Waals surface area contributed by atoms with E-state index in [1.807, 2.05) is 7.05 Å². The number of hydrogen-bond donors (Lipinski definition) is 1. The van der Waals surface area contributed by atoms with E-state index < -0.39 is 12.3 Å². The Morgan fingerprint density at radius 1 is 1.27 bits per heavy atom. The molecule has 2 aliphatic heterocycles. The molecule has 15 heavy (non-hydrogen) atoms. The van der Waals surface area contributed by atoms with Gasteiger partial charge in [0.2, 0.25) is 0 Å². The molecule has 1 atom stereocenters. The number of rotatable bonds is 2. The van der Waals surface area contributed by atoms with Crippen molar-refractivity contribution in [2.75, 3.05) is 39.8 Å². The molecule has 88 valence electrons. The first-order chi connectivity index (χ1) is 6.81. The van der Waals surface area contributed by atoms with E-state index in [9.17, 15) is 13.2 Å². The van der Waals surface area contributed by atoms with Crippen molar-refractivity contribution in [2.24, 2.45) is 5.41 Å². The molecule has 3 nitrogen and oxygen atoms in total. The summed E-state index contributed by atoms with van der Waals surface area (Å²) >= 11 is 0. The van der Waals surface area contributed by atoms with Gasteiger partial charge in [0.15, 0.2) is 6.10 Å². The Bertz CT molecular complexity index is 242. The number of nitrogens with zero attached hydrogens (tertiary/aromatic N) is 2. The fourth-order valence-corrected chi connectivity index (χ4v) is 2.68. The molecular formula is C9H15F3N2O.